The Balaban J connectivity index is 1.32. The number of nitrogens with zero attached hydrogens (tertiary/aromatic N) is 3. The first-order valence-electron chi connectivity index (χ1n) is 11.5. The molecule has 0 amide bonds. The molecule has 1 aromatic carbocycles. The third kappa shape index (κ3) is 9.03. The van der Waals surface area contributed by atoms with Gasteiger partial charge in [0.25, 0.3) is 0 Å². The van der Waals surface area contributed by atoms with Crippen molar-refractivity contribution in [3.05, 3.63) is 29.8 Å². The summed E-state index contributed by atoms with van der Waals surface area (Å²) >= 11 is 0. The highest BCUT2D eigenvalue weighted by Gasteiger charge is 2.18. The van der Waals surface area contributed by atoms with Crippen LogP contribution in [0, 0.1) is 0 Å². The molecule has 2 fully saturated rings. The number of likely N-dealkylation sites (N-methyl/N-ethyl adjacent to an activating group) is 1. The van der Waals surface area contributed by atoms with Crippen molar-refractivity contribution >= 4 is 5.96 Å². The lowest BCUT2D eigenvalue weighted by Gasteiger charge is -2.31. The molecule has 174 valence electrons. The van der Waals surface area contributed by atoms with Gasteiger partial charge >= 0.3 is 0 Å². The van der Waals surface area contributed by atoms with Gasteiger partial charge in [0.15, 0.2) is 5.96 Å². The SMILES string of the molecule is CN(CCOc1cccc(CN=C(N)NCCCN2CCOCC2)c1)C1CCOCC1. The minimum Gasteiger partial charge on any atom is -0.492 e. The molecule has 31 heavy (non-hydrogen) atoms. The molecule has 2 aliphatic heterocycles. The van der Waals surface area contributed by atoms with Gasteiger partial charge in [-0.25, -0.2) is 4.99 Å². The van der Waals surface area contributed by atoms with Crippen molar-refractivity contribution in [3.63, 3.8) is 0 Å². The Hall–Kier alpha value is -1.87. The molecule has 0 atom stereocenters. The largest absolute Gasteiger partial charge is 0.492 e. The Morgan fingerprint density at radius 3 is 2.81 bits per heavy atom. The lowest BCUT2D eigenvalue weighted by atomic mass is 10.1. The summed E-state index contributed by atoms with van der Waals surface area (Å²) in [7, 11) is 2.17. The highest BCUT2D eigenvalue weighted by molar-refractivity contribution is 5.77. The van der Waals surface area contributed by atoms with Crippen LogP contribution in [0.15, 0.2) is 29.3 Å². The van der Waals surface area contributed by atoms with Crippen LogP contribution in [0.4, 0.5) is 0 Å². The first kappa shape index (κ1) is 23.8. The molecule has 8 nitrogen and oxygen atoms in total. The van der Waals surface area contributed by atoms with Gasteiger partial charge in [-0.15, -0.1) is 0 Å². The van der Waals surface area contributed by atoms with Crippen LogP contribution in [0.2, 0.25) is 0 Å². The van der Waals surface area contributed by atoms with E-state index in [9.17, 15) is 0 Å². The number of nitrogens with two attached hydrogens (primary N) is 1. The summed E-state index contributed by atoms with van der Waals surface area (Å²) in [4.78, 5) is 9.26. The number of hydrogen-bond donors (Lipinski definition) is 2. The van der Waals surface area contributed by atoms with E-state index in [4.69, 9.17) is 19.9 Å². The van der Waals surface area contributed by atoms with Gasteiger partial charge in [-0.1, -0.05) is 12.1 Å². The predicted octanol–water partition coefficient (Wildman–Crippen LogP) is 1.30. The van der Waals surface area contributed by atoms with Crippen molar-refractivity contribution in [1.29, 1.82) is 0 Å². The van der Waals surface area contributed by atoms with Crippen LogP contribution >= 0.6 is 0 Å². The van der Waals surface area contributed by atoms with E-state index < -0.39 is 0 Å². The van der Waals surface area contributed by atoms with Crippen LogP contribution in [0.3, 0.4) is 0 Å². The van der Waals surface area contributed by atoms with E-state index in [0.29, 0.717) is 25.2 Å². The standard InChI is InChI=1S/C23H39N5O3/c1-27(21-6-13-29-14-7-21)10-17-31-22-5-2-4-20(18-22)19-26-23(24)25-8-3-9-28-11-15-30-16-12-28/h2,4-5,18,21H,3,6-17,19H2,1H3,(H3,24,25,26). The van der Waals surface area contributed by atoms with Gasteiger partial charge in [-0.2, -0.15) is 0 Å². The molecule has 0 spiro atoms. The van der Waals surface area contributed by atoms with Crippen LogP contribution in [-0.4, -0.2) is 94.6 Å². The smallest absolute Gasteiger partial charge is 0.188 e. The number of benzene rings is 1. The van der Waals surface area contributed by atoms with Gasteiger partial charge in [-0.05, 0) is 50.6 Å². The van der Waals surface area contributed by atoms with Gasteiger partial charge in [0.2, 0.25) is 0 Å². The van der Waals surface area contributed by atoms with Gasteiger partial charge in [-0.3, -0.25) is 9.80 Å². The van der Waals surface area contributed by atoms with Crippen LogP contribution in [0.5, 0.6) is 5.75 Å². The number of hydrogen-bond acceptors (Lipinski definition) is 6. The van der Waals surface area contributed by atoms with Gasteiger partial charge in [0.1, 0.15) is 12.4 Å². The van der Waals surface area contributed by atoms with Crippen molar-refractivity contribution in [2.75, 3.05) is 72.8 Å². The van der Waals surface area contributed by atoms with E-state index in [1.54, 1.807) is 0 Å². The summed E-state index contributed by atoms with van der Waals surface area (Å²) in [5.41, 5.74) is 7.11. The molecule has 3 rings (SSSR count). The number of aliphatic imine (C=N–C) groups is 1. The fourth-order valence-electron chi connectivity index (χ4n) is 3.93. The van der Waals surface area contributed by atoms with Crippen LogP contribution in [0.1, 0.15) is 24.8 Å². The highest BCUT2D eigenvalue weighted by atomic mass is 16.5. The predicted molar refractivity (Wildman–Crippen MR) is 124 cm³/mol. The number of rotatable bonds is 11. The van der Waals surface area contributed by atoms with Crippen LogP contribution in [-0.2, 0) is 16.0 Å². The quantitative estimate of drug-likeness (QED) is 0.309. The molecular weight excluding hydrogens is 394 g/mol. The second kappa shape index (κ2) is 13.5. The molecule has 0 radical (unpaired) electrons. The third-order valence-corrected chi connectivity index (χ3v) is 5.92. The van der Waals surface area contributed by atoms with E-state index in [0.717, 1.165) is 89.7 Å². The maximum Gasteiger partial charge on any atom is 0.188 e. The average Bonchev–Trinajstić information content (AvgIpc) is 2.82. The van der Waals surface area contributed by atoms with E-state index in [1.165, 1.54) is 0 Å². The molecule has 1 aromatic rings. The molecule has 3 N–H and O–H groups in total. The first-order chi connectivity index (χ1) is 15.2. The monoisotopic (exact) mass is 433 g/mol. The number of nitrogens with one attached hydrogen (secondary N) is 1. The Kier molecular flexibility index (Phi) is 10.4. The van der Waals surface area contributed by atoms with Crippen molar-refractivity contribution in [3.8, 4) is 5.75 Å². The molecule has 0 bridgehead atoms. The molecule has 2 saturated heterocycles. The summed E-state index contributed by atoms with van der Waals surface area (Å²) in [6, 6.07) is 8.70. The molecule has 2 aliphatic rings. The number of ether oxygens (including phenoxy) is 3. The summed E-state index contributed by atoms with van der Waals surface area (Å²) in [5, 5.41) is 3.21. The minimum atomic E-state index is 0.492. The summed E-state index contributed by atoms with van der Waals surface area (Å²) in [6.45, 7) is 9.47. The number of guanidine groups is 1. The Morgan fingerprint density at radius 1 is 1.23 bits per heavy atom. The van der Waals surface area contributed by atoms with Crippen molar-refractivity contribution in [2.45, 2.75) is 31.8 Å². The van der Waals surface area contributed by atoms with Crippen molar-refractivity contribution in [1.82, 2.24) is 15.1 Å². The maximum atomic E-state index is 6.02. The fraction of sp³-hybridized carbons (Fsp3) is 0.696. The van der Waals surface area contributed by atoms with Crippen molar-refractivity contribution in [2.24, 2.45) is 10.7 Å². The summed E-state index contributed by atoms with van der Waals surface area (Å²) in [5.74, 6) is 1.37. The van der Waals surface area contributed by atoms with E-state index in [2.05, 4.69) is 33.2 Å². The zero-order valence-electron chi connectivity index (χ0n) is 18.9. The highest BCUT2D eigenvalue weighted by Crippen LogP contribution is 2.15. The normalized spacial score (nSPS) is 19.0. The molecular formula is C23H39N5O3. The Labute approximate surface area is 186 Å². The van der Waals surface area contributed by atoms with E-state index in [-0.39, 0.29) is 0 Å². The number of morpholine rings is 1. The van der Waals surface area contributed by atoms with Gasteiger partial charge in [0.05, 0.1) is 19.8 Å². The lowest BCUT2D eigenvalue weighted by molar-refractivity contribution is 0.0376. The van der Waals surface area contributed by atoms with E-state index >= 15 is 0 Å². The molecule has 0 saturated carbocycles. The summed E-state index contributed by atoms with van der Waals surface area (Å²) in [6.07, 6.45) is 3.25. The van der Waals surface area contributed by atoms with Crippen molar-refractivity contribution < 1.29 is 14.2 Å². The Morgan fingerprint density at radius 2 is 2.00 bits per heavy atom. The molecule has 0 aliphatic carbocycles. The zero-order valence-corrected chi connectivity index (χ0v) is 18.9. The first-order valence-corrected chi connectivity index (χ1v) is 11.5. The minimum absolute atomic E-state index is 0.492. The zero-order chi connectivity index (χ0) is 21.7. The van der Waals surface area contributed by atoms with Gasteiger partial charge in [0, 0.05) is 45.4 Å². The lowest BCUT2D eigenvalue weighted by Crippen LogP contribution is -2.39. The average molecular weight is 434 g/mol. The molecule has 0 unspecified atom stereocenters. The van der Waals surface area contributed by atoms with E-state index in [1.807, 2.05) is 18.2 Å². The summed E-state index contributed by atoms with van der Waals surface area (Å²) < 4.78 is 16.8. The topological polar surface area (TPSA) is 84.6 Å². The molecule has 0 aromatic heterocycles. The molecule has 2 heterocycles. The second-order valence-corrected chi connectivity index (χ2v) is 8.26. The van der Waals surface area contributed by atoms with Crippen LogP contribution in [0.25, 0.3) is 0 Å². The maximum absolute atomic E-state index is 6.02. The van der Waals surface area contributed by atoms with Crippen LogP contribution < -0.4 is 15.8 Å². The van der Waals surface area contributed by atoms with Gasteiger partial charge < -0.3 is 25.3 Å². The second-order valence-electron chi connectivity index (χ2n) is 8.26. The fourth-order valence-corrected chi connectivity index (χ4v) is 3.93. The third-order valence-electron chi connectivity index (χ3n) is 5.92. The molecule has 8 heteroatoms. The Bertz CT molecular complexity index is 660.